The minimum Gasteiger partial charge on any atom is -0.468 e. The topological polar surface area (TPSA) is 41.6 Å². The second-order valence-electron chi connectivity index (χ2n) is 4.91. The number of nitrogens with zero attached hydrogens (tertiary/aromatic N) is 1. The average Bonchev–Trinajstić information content (AvgIpc) is 2.87. The Labute approximate surface area is 105 Å². The Morgan fingerprint density at radius 3 is 2.65 bits per heavy atom. The number of nitrogens with one attached hydrogen (secondary N) is 1. The fourth-order valence-electron chi connectivity index (χ4n) is 2.47. The van der Waals surface area contributed by atoms with Gasteiger partial charge >= 0.3 is 5.97 Å². The highest BCUT2D eigenvalue weighted by atomic mass is 16.5. The molecule has 1 saturated carbocycles. The van der Waals surface area contributed by atoms with E-state index in [1.165, 1.54) is 32.8 Å². The lowest BCUT2D eigenvalue weighted by Gasteiger charge is -2.28. The highest BCUT2D eigenvalue weighted by molar-refractivity contribution is 5.75. The summed E-state index contributed by atoms with van der Waals surface area (Å²) in [5, 5.41) is 3.26. The van der Waals surface area contributed by atoms with E-state index in [0.717, 1.165) is 19.5 Å². The van der Waals surface area contributed by atoms with Gasteiger partial charge in [-0.05, 0) is 32.9 Å². The second kappa shape index (κ2) is 7.67. The highest BCUT2D eigenvalue weighted by Crippen LogP contribution is 2.22. The maximum absolute atomic E-state index is 11.7. The van der Waals surface area contributed by atoms with Gasteiger partial charge in [-0.1, -0.05) is 19.8 Å². The van der Waals surface area contributed by atoms with Crippen LogP contribution in [0, 0.1) is 0 Å². The zero-order valence-electron chi connectivity index (χ0n) is 11.4. The standard InChI is InChI=1S/C13H26N2O2/c1-4-9-14-12(13(16)17-3)10-15(2)11-7-5-6-8-11/h11-12,14H,4-10H2,1-3H3. The Morgan fingerprint density at radius 1 is 1.47 bits per heavy atom. The molecule has 4 nitrogen and oxygen atoms in total. The molecule has 0 aromatic carbocycles. The Hall–Kier alpha value is -0.610. The first-order valence-corrected chi connectivity index (χ1v) is 6.70. The van der Waals surface area contributed by atoms with Gasteiger partial charge in [0.05, 0.1) is 7.11 Å². The van der Waals surface area contributed by atoms with Crippen LogP contribution in [0.25, 0.3) is 0 Å². The Balaban J connectivity index is 2.42. The fraction of sp³-hybridized carbons (Fsp3) is 0.923. The van der Waals surface area contributed by atoms with Crippen LogP contribution < -0.4 is 5.32 Å². The molecule has 0 spiro atoms. The van der Waals surface area contributed by atoms with E-state index in [1.807, 2.05) is 0 Å². The summed E-state index contributed by atoms with van der Waals surface area (Å²) in [5.74, 6) is -0.150. The molecule has 17 heavy (non-hydrogen) atoms. The molecule has 1 fully saturated rings. The molecule has 1 N–H and O–H groups in total. The summed E-state index contributed by atoms with van der Waals surface area (Å²) in [6.07, 6.45) is 6.19. The van der Waals surface area contributed by atoms with Gasteiger partial charge in [-0.25, -0.2) is 0 Å². The van der Waals surface area contributed by atoms with Gasteiger partial charge in [0.15, 0.2) is 0 Å². The number of carbonyl (C=O) groups excluding carboxylic acids is 1. The largest absolute Gasteiger partial charge is 0.468 e. The van der Waals surface area contributed by atoms with Gasteiger partial charge in [-0.15, -0.1) is 0 Å². The van der Waals surface area contributed by atoms with Gasteiger partial charge in [0.1, 0.15) is 6.04 Å². The predicted molar refractivity (Wildman–Crippen MR) is 69.0 cm³/mol. The Kier molecular flexibility index (Phi) is 6.52. The van der Waals surface area contributed by atoms with E-state index in [4.69, 9.17) is 4.74 Å². The summed E-state index contributed by atoms with van der Waals surface area (Å²) in [6.45, 7) is 3.71. The van der Waals surface area contributed by atoms with Crippen molar-refractivity contribution < 1.29 is 9.53 Å². The van der Waals surface area contributed by atoms with Gasteiger partial charge in [0, 0.05) is 12.6 Å². The molecule has 0 radical (unpaired) electrons. The van der Waals surface area contributed by atoms with Crippen molar-refractivity contribution in [1.29, 1.82) is 0 Å². The molecule has 0 aromatic heterocycles. The molecule has 0 amide bonds. The number of rotatable bonds is 7. The van der Waals surface area contributed by atoms with Crippen molar-refractivity contribution in [1.82, 2.24) is 10.2 Å². The van der Waals surface area contributed by atoms with Gasteiger partial charge in [-0.3, -0.25) is 4.79 Å². The van der Waals surface area contributed by atoms with E-state index in [-0.39, 0.29) is 12.0 Å². The molecule has 1 atom stereocenters. The molecule has 0 saturated heterocycles. The first-order valence-electron chi connectivity index (χ1n) is 6.70. The number of carbonyl (C=O) groups is 1. The molecule has 0 aliphatic heterocycles. The van der Waals surface area contributed by atoms with Crippen LogP contribution in [0.4, 0.5) is 0 Å². The van der Waals surface area contributed by atoms with Gasteiger partial charge in [0.2, 0.25) is 0 Å². The van der Waals surface area contributed by atoms with E-state index in [1.54, 1.807) is 0 Å². The van der Waals surface area contributed by atoms with E-state index >= 15 is 0 Å². The minimum atomic E-state index is -0.189. The number of ether oxygens (including phenoxy) is 1. The predicted octanol–water partition coefficient (Wildman–Crippen LogP) is 1.40. The Morgan fingerprint density at radius 2 is 2.12 bits per heavy atom. The summed E-state index contributed by atoms with van der Waals surface area (Å²) >= 11 is 0. The van der Waals surface area contributed by atoms with Crippen molar-refractivity contribution in [2.75, 3.05) is 27.2 Å². The summed E-state index contributed by atoms with van der Waals surface area (Å²) in [6, 6.07) is 0.455. The van der Waals surface area contributed by atoms with Crippen LogP contribution in [0.5, 0.6) is 0 Å². The summed E-state index contributed by atoms with van der Waals surface area (Å²) < 4.78 is 4.84. The molecule has 1 aliphatic carbocycles. The summed E-state index contributed by atoms with van der Waals surface area (Å²) in [4.78, 5) is 14.0. The average molecular weight is 242 g/mol. The van der Waals surface area contributed by atoms with Crippen LogP contribution in [0.15, 0.2) is 0 Å². The van der Waals surface area contributed by atoms with Crippen molar-refractivity contribution in [3.8, 4) is 0 Å². The van der Waals surface area contributed by atoms with Gasteiger partial charge < -0.3 is 15.0 Å². The normalized spacial score (nSPS) is 18.6. The number of esters is 1. The first kappa shape index (κ1) is 14.5. The van der Waals surface area contributed by atoms with Crippen LogP contribution in [0.1, 0.15) is 39.0 Å². The first-order chi connectivity index (χ1) is 8.19. The zero-order valence-corrected chi connectivity index (χ0v) is 11.4. The van der Waals surface area contributed by atoms with Crippen LogP contribution in [0.2, 0.25) is 0 Å². The number of hydrogen-bond donors (Lipinski definition) is 1. The number of likely N-dealkylation sites (N-methyl/N-ethyl adjacent to an activating group) is 1. The minimum absolute atomic E-state index is 0.150. The third-order valence-electron chi connectivity index (χ3n) is 3.55. The molecule has 4 heteroatoms. The third kappa shape index (κ3) is 4.64. The maximum atomic E-state index is 11.7. The van der Waals surface area contributed by atoms with E-state index in [2.05, 4.69) is 24.2 Å². The fourth-order valence-corrected chi connectivity index (χ4v) is 2.47. The van der Waals surface area contributed by atoms with Crippen molar-refractivity contribution in [3.05, 3.63) is 0 Å². The molecule has 1 unspecified atom stereocenters. The SMILES string of the molecule is CCCNC(CN(C)C1CCCC1)C(=O)OC. The van der Waals surface area contributed by atoms with E-state index in [0.29, 0.717) is 6.04 Å². The molecule has 0 aromatic rings. The van der Waals surface area contributed by atoms with Crippen LogP contribution >= 0.6 is 0 Å². The highest BCUT2D eigenvalue weighted by Gasteiger charge is 2.25. The van der Waals surface area contributed by atoms with Crippen molar-refractivity contribution >= 4 is 5.97 Å². The number of hydrogen-bond acceptors (Lipinski definition) is 4. The van der Waals surface area contributed by atoms with Crippen molar-refractivity contribution in [2.24, 2.45) is 0 Å². The molecule has 1 aliphatic rings. The lowest BCUT2D eigenvalue weighted by Crippen LogP contribution is -2.48. The molecular weight excluding hydrogens is 216 g/mol. The zero-order chi connectivity index (χ0) is 12.7. The summed E-state index contributed by atoms with van der Waals surface area (Å²) in [5.41, 5.74) is 0. The molecule has 1 rings (SSSR count). The lowest BCUT2D eigenvalue weighted by molar-refractivity contribution is -0.143. The molecular formula is C13H26N2O2. The van der Waals surface area contributed by atoms with E-state index in [9.17, 15) is 4.79 Å². The quantitative estimate of drug-likeness (QED) is 0.685. The monoisotopic (exact) mass is 242 g/mol. The smallest absolute Gasteiger partial charge is 0.324 e. The van der Waals surface area contributed by atoms with Crippen LogP contribution in [0.3, 0.4) is 0 Å². The van der Waals surface area contributed by atoms with Crippen molar-refractivity contribution in [3.63, 3.8) is 0 Å². The number of methoxy groups -OCH3 is 1. The van der Waals surface area contributed by atoms with Gasteiger partial charge in [-0.2, -0.15) is 0 Å². The summed E-state index contributed by atoms with van der Waals surface area (Å²) in [7, 11) is 3.57. The molecule has 100 valence electrons. The van der Waals surface area contributed by atoms with E-state index < -0.39 is 0 Å². The third-order valence-corrected chi connectivity index (χ3v) is 3.55. The Bertz CT molecular complexity index is 227. The second-order valence-corrected chi connectivity index (χ2v) is 4.91. The maximum Gasteiger partial charge on any atom is 0.324 e. The van der Waals surface area contributed by atoms with Crippen LogP contribution in [-0.4, -0.2) is 50.2 Å². The molecule has 0 bridgehead atoms. The van der Waals surface area contributed by atoms with Crippen LogP contribution in [-0.2, 0) is 9.53 Å². The van der Waals surface area contributed by atoms with Crippen molar-refractivity contribution in [2.45, 2.75) is 51.1 Å². The van der Waals surface area contributed by atoms with Gasteiger partial charge in [0.25, 0.3) is 0 Å². The lowest BCUT2D eigenvalue weighted by atomic mass is 10.2. The molecule has 0 heterocycles.